The number of rotatable bonds is 7. The molecule has 0 saturated heterocycles. The molecule has 0 aromatic heterocycles. The highest BCUT2D eigenvalue weighted by Crippen LogP contribution is 2.10. The number of carbonyl (C=O) groups excluding carboxylic acids is 1. The lowest BCUT2D eigenvalue weighted by atomic mass is 10.1. The molecular weight excluding hydrogens is 362 g/mol. The van der Waals surface area contributed by atoms with Gasteiger partial charge in [0.05, 0.1) is 6.54 Å². The molecule has 0 aliphatic carbocycles. The van der Waals surface area contributed by atoms with Crippen LogP contribution in [0.15, 0.2) is 47.5 Å². The van der Waals surface area contributed by atoms with Crippen molar-refractivity contribution in [1.82, 2.24) is 15.5 Å². The molecule has 0 fully saturated rings. The Bertz CT molecular complexity index is 820. The molecule has 0 saturated carbocycles. The SMILES string of the molecule is CCNC(=NCc1ccc(C(=O)N(C)C)cc1)NCCc1cc(F)ccc1F. The molecule has 2 aromatic carbocycles. The molecule has 7 heteroatoms. The lowest BCUT2D eigenvalue weighted by Gasteiger charge is -2.12. The van der Waals surface area contributed by atoms with Crippen LogP contribution in [0.2, 0.25) is 0 Å². The van der Waals surface area contributed by atoms with Crippen LogP contribution in [-0.4, -0.2) is 44.0 Å². The average molecular weight is 388 g/mol. The Hall–Kier alpha value is -2.96. The van der Waals surface area contributed by atoms with Crippen LogP contribution in [0.5, 0.6) is 0 Å². The largest absolute Gasteiger partial charge is 0.357 e. The first-order chi connectivity index (χ1) is 13.4. The fraction of sp³-hybridized carbons (Fsp3) is 0.333. The topological polar surface area (TPSA) is 56.7 Å². The number of hydrogen-bond acceptors (Lipinski definition) is 2. The van der Waals surface area contributed by atoms with Crippen LogP contribution >= 0.6 is 0 Å². The number of halogens is 2. The summed E-state index contributed by atoms with van der Waals surface area (Å²) < 4.78 is 26.9. The van der Waals surface area contributed by atoms with Gasteiger partial charge in [-0.1, -0.05) is 12.1 Å². The number of aliphatic imine (C=N–C) groups is 1. The molecule has 28 heavy (non-hydrogen) atoms. The smallest absolute Gasteiger partial charge is 0.253 e. The van der Waals surface area contributed by atoms with E-state index >= 15 is 0 Å². The van der Waals surface area contributed by atoms with E-state index in [0.717, 1.165) is 17.7 Å². The maximum Gasteiger partial charge on any atom is 0.253 e. The van der Waals surface area contributed by atoms with Crippen molar-refractivity contribution < 1.29 is 13.6 Å². The quantitative estimate of drug-likeness (QED) is 0.566. The Balaban J connectivity index is 1.94. The zero-order valence-corrected chi connectivity index (χ0v) is 16.4. The van der Waals surface area contributed by atoms with Crippen LogP contribution in [-0.2, 0) is 13.0 Å². The van der Waals surface area contributed by atoms with E-state index in [2.05, 4.69) is 15.6 Å². The van der Waals surface area contributed by atoms with E-state index in [4.69, 9.17) is 0 Å². The molecule has 150 valence electrons. The summed E-state index contributed by atoms with van der Waals surface area (Å²) in [6, 6.07) is 10.7. The Labute approximate surface area is 164 Å². The third kappa shape index (κ3) is 6.33. The van der Waals surface area contributed by atoms with Gasteiger partial charge in [-0.15, -0.1) is 0 Å². The van der Waals surface area contributed by atoms with Gasteiger partial charge < -0.3 is 15.5 Å². The molecule has 1 amide bonds. The van der Waals surface area contributed by atoms with Gasteiger partial charge in [-0.05, 0) is 54.8 Å². The second-order valence-corrected chi connectivity index (χ2v) is 6.50. The van der Waals surface area contributed by atoms with Crippen molar-refractivity contribution in [2.45, 2.75) is 19.9 Å². The molecule has 0 spiro atoms. The predicted molar refractivity (Wildman–Crippen MR) is 107 cm³/mol. The summed E-state index contributed by atoms with van der Waals surface area (Å²) in [7, 11) is 3.43. The zero-order valence-electron chi connectivity index (χ0n) is 16.4. The normalized spacial score (nSPS) is 11.2. The van der Waals surface area contributed by atoms with Gasteiger partial charge in [0.15, 0.2) is 5.96 Å². The zero-order chi connectivity index (χ0) is 20.5. The number of guanidine groups is 1. The first-order valence-electron chi connectivity index (χ1n) is 9.17. The van der Waals surface area contributed by atoms with Gasteiger partial charge in [-0.2, -0.15) is 0 Å². The summed E-state index contributed by atoms with van der Waals surface area (Å²) >= 11 is 0. The average Bonchev–Trinajstić information content (AvgIpc) is 2.68. The number of nitrogens with one attached hydrogen (secondary N) is 2. The minimum absolute atomic E-state index is 0.0466. The number of benzene rings is 2. The van der Waals surface area contributed by atoms with E-state index < -0.39 is 11.6 Å². The van der Waals surface area contributed by atoms with Gasteiger partial charge in [0.1, 0.15) is 11.6 Å². The summed E-state index contributed by atoms with van der Waals surface area (Å²) in [6.45, 7) is 3.48. The molecule has 5 nitrogen and oxygen atoms in total. The summed E-state index contributed by atoms with van der Waals surface area (Å²) in [6.07, 6.45) is 0.343. The molecule has 2 aromatic rings. The van der Waals surface area contributed by atoms with Gasteiger partial charge in [0, 0.05) is 32.7 Å². The molecule has 0 unspecified atom stereocenters. The van der Waals surface area contributed by atoms with Gasteiger partial charge in [-0.3, -0.25) is 4.79 Å². The van der Waals surface area contributed by atoms with E-state index in [9.17, 15) is 13.6 Å². The van der Waals surface area contributed by atoms with Crippen molar-refractivity contribution in [3.63, 3.8) is 0 Å². The van der Waals surface area contributed by atoms with Gasteiger partial charge in [0.2, 0.25) is 0 Å². The maximum atomic E-state index is 13.7. The first kappa shape index (κ1) is 21.3. The Morgan fingerprint density at radius 1 is 1.07 bits per heavy atom. The summed E-state index contributed by atoms with van der Waals surface area (Å²) in [5.41, 5.74) is 1.91. The Morgan fingerprint density at radius 2 is 1.79 bits per heavy atom. The summed E-state index contributed by atoms with van der Waals surface area (Å²) in [5, 5.41) is 6.24. The third-order valence-corrected chi connectivity index (χ3v) is 4.07. The third-order valence-electron chi connectivity index (χ3n) is 4.07. The Morgan fingerprint density at radius 3 is 2.43 bits per heavy atom. The molecule has 2 N–H and O–H groups in total. The number of amides is 1. The van der Waals surface area contributed by atoms with Crippen LogP contribution in [0.1, 0.15) is 28.4 Å². The van der Waals surface area contributed by atoms with Crippen LogP contribution in [0, 0.1) is 11.6 Å². The number of nitrogens with zero attached hydrogens (tertiary/aromatic N) is 2. The van der Waals surface area contributed by atoms with Crippen molar-refractivity contribution in [3.05, 3.63) is 70.8 Å². The second-order valence-electron chi connectivity index (χ2n) is 6.50. The molecular formula is C21H26F2N4O. The highest BCUT2D eigenvalue weighted by atomic mass is 19.1. The monoisotopic (exact) mass is 388 g/mol. The maximum absolute atomic E-state index is 13.7. The van der Waals surface area contributed by atoms with Gasteiger partial charge >= 0.3 is 0 Å². The Kier molecular flexibility index (Phi) is 7.92. The van der Waals surface area contributed by atoms with E-state index in [-0.39, 0.29) is 5.91 Å². The van der Waals surface area contributed by atoms with Crippen molar-refractivity contribution in [2.24, 2.45) is 4.99 Å². The van der Waals surface area contributed by atoms with Crippen molar-refractivity contribution >= 4 is 11.9 Å². The first-order valence-corrected chi connectivity index (χ1v) is 9.17. The van der Waals surface area contributed by atoms with E-state index in [1.165, 1.54) is 11.0 Å². The number of carbonyl (C=O) groups is 1. The molecule has 0 radical (unpaired) electrons. The molecule has 2 rings (SSSR count). The fourth-order valence-corrected chi connectivity index (χ4v) is 2.57. The highest BCUT2D eigenvalue weighted by Gasteiger charge is 2.07. The van der Waals surface area contributed by atoms with Crippen LogP contribution in [0.4, 0.5) is 8.78 Å². The van der Waals surface area contributed by atoms with E-state index in [1.807, 2.05) is 19.1 Å². The van der Waals surface area contributed by atoms with Crippen molar-refractivity contribution in [1.29, 1.82) is 0 Å². The van der Waals surface area contributed by atoms with E-state index in [1.54, 1.807) is 26.2 Å². The van der Waals surface area contributed by atoms with Crippen LogP contribution in [0.3, 0.4) is 0 Å². The summed E-state index contributed by atoms with van der Waals surface area (Å²) in [4.78, 5) is 17.9. The van der Waals surface area contributed by atoms with Crippen LogP contribution < -0.4 is 10.6 Å². The molecule has 0 bridgehead atoms. The lowest BCUT2D eigenvalue weighted by molar-refractivity contribution is 0.0827. The van der Waals surface area contributed by atoms with Crippen LogP contribution in [0.25, 0.3) is 0 Å². The van der Waals surface area contributed by atoms with Crippen molar-refractivity contribution in [2.75, 3.05) is 27.2 Å². The standard InChI is InChI=1S/C21H26F2N4O/c1-4-24-21(25-12-11-17-13-18(22)9-10-19(17)23)26-14-15-5-7-16(8-6-15)20(28)27(2)3/h5-10,13H,4,11-12,14H2,1-3H3,(H2,24,25,26). The molecule has 0 aliphatic rings. The minimum Gasteiger partial charge on any atom is -0.357 e. The number of hydrogen-bond donors (Lipinski definition) is 2. The molecule has 0 heterocycles. The summed E-state index contributed by atoms with van der Waals surface area (Å²) in [5.74, 6) is -0.326. The van der Waals surface area contributed by atoms with Gasteiger partial charge in [-0.25, -0.2) is 13.8 Å². The lowest BCUT2D eigenvalue weighted by Crippen LogP contribution is -2.38. The van der Waals surface area contributed by atoms with E-state index in [0.29, 0.717) is 43.1 Å². The minimum atomic E-state index is -0.451. The van der Waals surface area contributed by atoms with Crippen molar-refractivity contribution in [3.8, 4) is 0 Å². The highest BCUT2D eigenvalue weighted by molar-refractivity contribution is 5.93. The van der Waals surface area contributed by atoms with Gasteiger partial charge in [0.25, 0.3) is 5.91 Å². The second kappa shape index (κ2) is 10.4. The fourth-order valence-electron chi connectivity index (χ4n) is 2.57. The predicted octanol–water partition coefficient (Wildman–Crippen LogP) is 2.96. The molecule has 0 aliphatic heterocycles. The molecule has 0 atom stereocenters.